The third-order valence-corrected chi connectivity index (χ3v) is 8.65. The molecule has 0 spiro atoms. The maximum Gasteiger partial charge on any atom is 0.274 e. The van der Waals surface area contributed by atoms with Crippen LogP contribution in [0, 0.1) is 18.8 Å². The fraction of sp³-hybridized carbons (Fsp3) is 0.516. The number of fused-ring (bicyclic) bond motifs is 4. The number of hydrogen-bond donors (Lipinski definition) is 3. The molecular weight excluding hydrogens is 552 g/mol. The number of hydrogen-bond acceptors (Lipinski definition) is 8. The first kappa shape index (κ1) is 29.9. The number of oxazole rings is 1. The van der Waals surface area contributed by atoms with Gasteiger partial charge in [0.1, 0.15) is 22.5 Å². The van der Waals surface area contributed by atoms with Crippen molar-refractivity contribution in [3.8, 4) is 0 Å². The zero-order valence-electron chi connectivity index (χ0n) is 24.5. The van der Waals surface area contributed by atoms with Crippen molar-refractivity contribution in [3.05, 3.63) is 69.3 Å². The number of benzene rings is 1. The number of amides is 3. The molecule has 0 saturated heterocycles. The van der Waals surface area contributed by atoms with E-state index >= 15 is 0 Å². The lowest BCUT2D eigenvalue weighted by Gasteiger charge is -2.22. The van der Waals surface area contributed by atoms with Gasteiger partial charge in [-0.05, 0) is 50.1 Å². The van der Waals surface area contributed by atoms with Crippen LogP contribution >= 0.6 is 11.3 Å². The molecule has 42 heavy (non-hydrogen) atoms. The van der Waals surface area contributed by atoms with Gasteiger partial charge in [-0.2, -0.15) is 0 Å². The summed E-state index contributed by atoms with van der Waals surface area (Å²) in [4.78, 5) is 51.0. The van der Waals surface area contributed by atoms with E-state index in [-0.39, 0.29) is 23.4 Å². The molecular formula is C31H40N6O4S. The van der Waals surface area contributed by atoms with Gasteiger partial charge in [0.15, 0.2) is 5.69 Å². The highest BCUT2D eigenvalue weighted by molar-refractivity contribution is 7.09. The van der Waals surface area contributed by atoms with Gasteiger partial charge in [0.25, 0.3) is 11.8 Å². The van der Waals surface area contributed by atoms with Gasteiger partial charge in [0.2, 0.25) is 11.8 Å². The molecule has 2 atom stereocenters. The van der Waals surface area contributed by atoms with Crippen molar-refractivity contribution in [3.63, 3.8) is 0 Å². The summed E-state index contributed by atoms with van der Waals surface area (Å²) in [7, 11) is 0. The van der Waals surface area contributed by atoms with Crippen LogP contribution in [0.5, 0.6) is 0 Å². The van der Waals surface area contributed by atoms with Gasteiger partial charge in [-0.1, -0.05) is 44.2 Å². The summed E-state index contributed by atoms with van der Waals surface area (Å²) >= 11 is 1.36. The smallest absolute Gasteiger partial charge is 0.274 e. The Morgan fingerprint density at radius 2 is 1.83 bits per heavy atom. The second-order valence-electron chi connectivity index (χ2n) is 11.6. The van der Waals surface area contributed by atoms with Crippen LogP contribution in [0.25, 0.3) is 0 Å². The van der Waals surface area contributed by atoms with E-state index in [0.717, 1.165) is 18.7 Å². The number of nitrogens with one attached hydrogen (secondary N) is 3. The largest absolute Gasteiger partial charge is 0.443 e. The van der Waals surface area contributed by atoms with Crippen LogP contribution in [-0.4, -0.2) is 58.8 Å². The van der Waals surface area contributed by atoms with E-state index < -0.39 is 18.0 Å². The maximum atomic E-state index is 13.4. The molecule has 4 bridgehead atoms. The third-order valence-electron chi connectivity index (χ3n) is 7.72. The van der Waals surface area contributed by atoms with Crippen molar-refractivity contribution < 1.29 is 18.8 Å². The SMILES string of the molecule is Cc1oc2nc1C(=O)N[C@@H](C(C)C)c1nc(cs1)C(=O)NCCN(CC1CC1)CCCC(=O)N[C@H]2Cc1ccccc1. The van der Waals surface area contributed by atoms with Crippen molar-refractivity contribution in [1.29, 1.82) is 0 Å². The maximum absolute atomic E-state index is 13.4. The lowest BCUT2D eigenvalue weighted by molar-refractivity contribution is -0.122. The second-order valence-corrected chi connectivity index (χ2v) is 12.5. The van der Waals surface area contributed by atoms with Crippen molar-refractivity contribution in [2.24, 2.45) is 11.8 Å². The fourth-order valence-electron chi connectivity index (χ4n) is 5.19. The topological polar surface area (TPSA) is 129 Å². The Kier molecular flexibility index (Phi) is 9.69. The van der Waals surface area contributed by atoms with Crippen molar-refractivity contribution in [2.75, 3.05) is 26.2 Å². The highest BCUT2D eigenvalue weighted by Gasteiger charge is 2.29. The molecule has 1 aliphatic carbocycles. The third kappa shape index (κ3) is 7.83. The zero-order valence-corrected chi connectivity index (χ0v) is 25.3. The molecule has 1 fully saturated rings. The molecule has 3 amide bonds. The predicted molar refractivity (Wildman–Crippen MR) is 160 cm³/mol. The molecule has 0 radical (unpaired) electrons. The Morgan fingerprint density at radius 3 is 2.57 bits per heavy atom. The quantitative estimate of drug-likeness (QED) is 0.405. The molecule has 1 aromatic carbocycles. The Labute approximate surface area is 250 Å². The number of nitrogens with zero attached hydrogens (tertiary/aromatic N) is 3. The monoisotopic (exact) mass is 592 g/mol. The van der Waals surface area contributed by atoms with Crippen LogP contribution in [0.15, 0.2) is 40.1 Å². The van der Waals surface area contributed by atoms with Gasteiger partial charge in [-0.3, -0.25) is 14.4 Å². The molecule has 224 valence electrons. The Hall–Kier alpha value is -3.57. The molecule has 1 aliphatic heterocycles. The van der Waals surface area contributed by atoms with Gasteiger partial charge in [-0.15, -0.1) is 11.3 Å². The van der Waals surface area contributed by atoms with Crippen LogP contribution in [-0.2, 0) is 11.2 Å². The summed E-state index contributed by atoms with van der Waals surface area (Å²) in [5, 5.41) is 11.6. The van der Waals surface area contributed by atoms with Gasteiger partial charge >= 0.3 is 0 Å². The first-order chi connectivity index (χ1) is 20.3. The second kappa shape index (κ2) is 13.6. The van der Waals surface area contributed by atoms with E-state index in [1.54, 1.807) is 12.3 Å². The molecule has 1 saturated carbocycles. The Morgan fingerprint density at radius 1 is 1.05 bits per heavy atom. The first-order valence-electron chi connectivity index (χ1n) is 14.8. The van der Waals surface area contributed by atoms with Crippen LogP contribution in [0.1, 0.15) is 94.8 Å². The molecule has 2 aromatic heterocycles. The van der Waals surface area contributed by atoms with E-state index in [0.29, 0.717) is 60.6 Å². The van der Waals surface area contributed by atoms with E-state index in [2.05, 4.69) is 30.8 Å². The van der Waals surface area contributed by atoms with Gasteiger partial charge in [-0.25, -0.2) is 9.97 Å². The summed E-state index contributed by atoms with van der Waals surface area (Å²) in [6, 6.07) is 8.91. The number of aromatic nitrogens is 2. The Balaban J connectivity index is 1.42. The number of rotatable bonds is 5. The summed E-state index contributed by atoms with van der Waals surface area (Å²) in [6.45, 7) is 8.63. The van der Waals surface area contributed by atoms with Gasteiger partial charge in [0, 0.05) is 37.9 Å². The van der Waals surface area contributed by atoms with Crippen molar-refractivity contribution in [2.45, 2.75) is 65.0 Å². The lowest BCUT2D eigenvalue weighted by atomic mass is 10.0. The van der Waals surface area contributed by atoms with Gasteiger partial charge < -0.3 is 25.3 Å². The average Bonchev–Trinajstić information content (AvgIpc) is 3.48. The van der Waals surface area contributed by atoms with Crippen LogP contribution in [0.2, 0.25) is 0 Å². The molecule has 10 nitrogen and oxygen atoms in total. The highest BCUT2D eigenvalue weighted by Crippen LogP contribution is 2.30. The van der Waals surface area contributed by atoms with Crippen LogP contribution in [0.3, 0.4) is 0 Å². The number of carbonyl (C=O) groups is 3. The number of thiazole rings is 1. The van der Waals surface area contributed by atoms with Crippen LogP contribution in [0.4, 0.5) is 0 Å². The molecule has 3 aromatic rings. The molecule has 5 rings (SSSR count). The predicted octanol–water partition coefficient (Wildman–Crippen LogP) is 4.20. The van der Waals surface area contributed by atoms with E-state index in [1.165, 1.54) is 24.2 Å². The average molecular weight is 593 g/mol. The fourth-order valence-corrected chi connectivity index (χ4v) is 6.21. The summed E-state index contributed by atoms with van der Waals surface area (Å²) in [5.74, 6) is 0.673. The minimum Gasteiger partial charge on any atom is -0.443 e. The zero-order chi connectivity index (χ0) is 29.6. The minimum absolute atomic E-state index is 0.0154. The summed E-state index contributed by atoms with van der Waals surface area (Å²) < 4.78 is 6.01. The van der Waals surface area contributed by atoms with Crippen LogP contribution < -0.4 is 16.0 Å². The standard InChI is InChI=1S/C31H40N6O4S/c1-19(2)26-31-34-24(18-42-31)28(39)32-13-15-37(17-22-11-12-22)14-7-10-25(38)33-23(16-21-8-5-4-6-9-21)30-36-27(20(3)41-30)29(40)35-26/h4-6,8-9,18-19,22-23,26H,7,10-17H2,1-3H3,(H,32,39)(H,33,38)(H,35,40)/t23-,26-/m0/s1. The molecule has 3 N–H and O–H groups in total. The lowest BCUT2D eigenvalue weighted by Crippen LogP contribution is -2.37. The first-order valence-corrected chi connectivity index (χ1v) is 15.7. The van der Waals surface area contributed by atoms with E-state index in [9.17, 15) is 14.4 Å². The van der Waals surface area contributed by atoms with E-state index in [4.69, 9.17) is 4.42 Å². The van der Waals surface area contributed by atoms with Crippen molar-refractivity contribution >= 4 is 29.1 Å². The van der Waals surface area contributed by atoms with E-state index in [1.807, 2.05) is 44.2 Å². The Bertz CT molecular complexity index is 1380. The van der Waals surface area contributed by atoms with Crippen molar-refractivity contribution in [1.82, 2.24) is 30.8 Å². The normalized spacial score (nSPS) is 21.5. The molecule has 11 heteroatoms. The summed E-state index contributed by atoms with van der Waals surface area (Å²) in [5.41, 5.74) is 1.54. The molecule has 2 aliphatic rings. The number of carbonyl (C=O) groups excluding carboxylic acids is 3. The minimum atomic E-state index is -0.522. The number of aryl methyl sites for hydroxylation is 1. The summed E-state index contributed by atoms with van der Waals surface area (Å²) in [6.07, 6.45) is 3.99. The highest BCUT2D eigenvalue weighted by atomic mass is 32.1. The molecule has 3 heterocycles. The van der Waals surface area contributed by atoms with Gasteiger partial charge in [0.05, 0.1) is 6.04 Å². The molecule has 0 unspecified atom stereocenters.